The van der Waals surface area contributed by atoms with Gasteiger partial charge in [-0.05, 0) is 84.3 Å². The molecule has 4 aromatic rings. The Morgan fingerprint density at radius 3 is 2.65 bits per heavy atom. The van der Waals surface area contributed by atoms with E-state index in [4.69, 9.17) is 13.9 Å². The molecule has 0 radical (unpaired) electrons. The molecule has 1 unspecified atom stereocenters. The molecule has 37 heavy (non-hydrogen) atoms. The molecule has 0 amide bonds. The molecule has 9 heteroatoms. The number of benzene rings is 2. The van der Waals surface area contributed by atoms with Crippen molar-refractivity contribution in [3.63, 3.8) is 0 Å². The molecule has 0 saturated heterocycles. The number of halogens is 1. The normalized spacial score (nSPS) is 12.1. The number of hydrogen-bond donors (Lipinski definition) is 1. The molecule has 0 aliphatic rings. The van der Waals surface area contributed by atoms with Crippen LogP contribution in [0.2, 0.25) is 0 Å². The van der Waals surface area contributed by atoms with Crippen LogP contribution in [0.1, 0.15) is 49.4 Å². The molecule has 0 bridgehead atoms. The van der Waals surface area contributed by atoms with Gasteiger partial charge in [-0.1, -0.05) is 31.4 Å². The van der Waals surface area contributed by atoms with Crippen LogP contribution in [0.25, 0.3) is 11.0 Å². The lowest BCUT2D eigenvalue weighted by atomic mass is 10.0. The number of aryl methyl sites for hydroxylation is 1. The summed E-state index contributed by atoms with van der Waals surface area (Å²) in [5, 5.41) is 19.5. The molecule has 0 aliphatic carbocycles. The number of hydrogen-bond acceptors (Lipinski definition) is 7. The highest BCUT2D eigenvalue weighted by Gasteiger charge is 2.13. The van der Waals surface area contributed by atoms with Crippen molar-refractivity contribution in [3.8, 4) is 11.5 Å². The Labute approximate surface area is 229 Å². The van der Waals surface area contributed by atoms with Crippen molar-refractivity contribution in [1.82, 2.24) is 15.0 Å². The van der Waals surface area contributed by atoms with E-state index in [1.807, 2.05) is 43.3 Å². The number of ether oxygens (including phenoxy) is 2. The zero-order chi connectivity index (χ0) is 26.2. The van der Waals surface area contributed by atoms with Crippen LogP contribution in [0.5, 0.6) is 11.5 Å². The summed E-state index contributed by atoms with van der Waals surface area (Å²) in [4.78, 5) is 12.6. The molecule has 1 atom stereocenters. The van der Waals surface area contributed by atoms with Crippen LogP contribution in [0.4, 0.5) is 0 Å². The van der Waals surface area contributed by atoms with Crippen LogP contribution >= 0.6 is 22.6 Å². The molecule has 1 N–H and O–H groups in total. The zero-order valence-electron chi connectivity index (χ0n) is 21.2. The van der Waals surface area contributed by atoms with Gasteiger partial charge in [0.1, 0.15) is 42.1 Å². The molecule has 2 aromatic carbocycles. The summed E-state index contributed by atoms with van der Waals surface area (Å²) in [6.07, 6.45) is 6.09. The first-order chi connectivity index (χ1) is 17.9. The quantitative estimate of drug-likeness (QED) is 0.121. The highest BCUT2D eigenvalue weighted by Crippen LogP contribution is 2.25. The molecular formula is C28H32IN3O5. The fraction of sp³-hybridized carbons (Fsp3) is 0.393. The molecule has 4 rings (SSSR count). The molecule has 0 saturated carbocycles. The number of aliphatic hydroxyl groups is 1. The number of aromatic nitrogens is 3. The van der Waals surface area contributed by atoms with Crippen molar-refractivity contribution in [2.75, 3.05) is 6.61 Å². The molecule has 2 heterocycles. The van der Waals surface area contributed by atoms with E-state index in [9.17, 15) is 9.90 Å². The number of fused-ring (bicyclic) bond motifs is 1. The topological polar surface area (TPSA) is 99.6 Å². The second-order valence-electron chi connectivity index (χ2n) is 9.10. The van der Waals surface area contributed by atoms with Crippen molar-refractivity contribution in [1.29, 1.82) is 0 Å². The van der Waals surface area contributed by atoms with E-state index in [1.165, 1.54) is 6.42 Å². The molecule has 196 valence electrons. The standard InChI is InChI=1S/C28H32IN3O5/c1-3-4-5-6-7-26-19(2)25-13-12-24(14-27(25)37-28(26)34)36-18-22(33)16-32-15-21(30-31-32)17-35-23-10-8-20(29)9-11-23/h8-15,22,33H,3-7,16-18H2,1-2H3. The van der Waals surface area contributed by atoms with Gasteiger partial charge >= 0.3 is 5.63 Å². The summed E-state index contributed by atoms with van der Waals surface area (Å²) < 4.78 is 19.8. The van der Waals surface area contributed by atoms with Crippen LogP contribution in [0.3, 0.4) is 0 Å². The molecule has 0 aliphatic heterocycles. The fourth-order valence-electron chi connectivity index (χ4n) is 4.12. The van der Waals surface area contributed by atoms with Crippen LogP contribution in [-0.2, 0) is 19.6 Å². The highest BCUT2D eigenvalue weighted by molar-refractivity contribution is 14.1. The predicted octanol–water partition coefficient (Wildman–Crippen LogP) is 5.44. The maximum absolute atomic E-state index is 12.6. The van der Waals surface area contributed by atoms with Gasteiger partial charge in [-0.2, -0.15) is 0 Å². The molecule has 2 aromatic heterocycles. The summed E-state index contributed by atoms with van der Waals surface area (Å²) in [6, 6.07) is 13.2. The smallest absolute Gasteiger partial charge is 0.339 e. The lowest BCUT2D eigenvalue weighted by molar-refractivity contribution is 0.0888. The summed E-state index contributed by atoms with van der Waals surface area (Å²) in [5.41, 5.74) is 2.58. The number of unbranched alkanes of at least 4 members (excludes halogenated alkanes) is 3. The minimum Gasteiger partial charge on any atom is -0.491 e. The van der Waals surface area contributed by atoms with Crippen molar-refractivity contribution >= 4 is 33.6 Å². The lowest BCUT2D eigenvalue weighted by Crippen LogP contribution is -2.24. The van der Waals surface area contributed by atoms with Crippen molar-refractivity contribution < 1.29 is 19.0 Å². The first-order valence-corrected chi connectivity index (χ1v) is 13.7. The van der Waals surface area contributed by atoms with Crippen LogP contribution in [-0.4, -0.2) is 32.8 Å². The average Bonchev–Trinajstić information content (AvgIpc) is 3.33. The third-order valence-corrected chi connectivity index (χ3v) is 6.88. The van der Waals surface area contributed by atoms with Crippen LogP contribution in [0, 0.1) is 10.5 Å². The van der Waals surface area contributed by atoms with Gasteiger partial charge in [0.25, 0.3) is 0 Å². The SMILES string of the molecule is CCCCCCc1c(C)c2ccc(OCC(O)Cn3cc(COc4ccc(I)cc4)nn3)cc2oc1=O. The second-order valence-corrected chi connectivity index (χ2v) is 10.3. The summed E-state index contributed by atoms with van der Waals surface area (Å²) in [6.45, 7) is 4.70. The zero-order valence-corrected chi connectivity index (χ0v) is 23.3. The summed E-state index contributed by atoms with van der Waals surface area (Å²) in [5.74, 6) is 1.28. The first kappa shape index (κ1) is 27.1. The molecule has 8 nitrogen and oxygen atoms in total. The Bertz CT molecular complexity index is 1370. The van der Waals surface area contributed by atoms with Gasteiger partial charge in [-0.3, -0.25) is 0 Å². The van der Waals surface area contributed by atoms with Gasteiger partial charge in [0.2, 0.25) is 0 Å². The van der Waals surface area contributed by atoms with E-state index >= 15 is 0 Å². The van der Waals surface area contributed by atoms with Gasteiger partial charge < -0.3 is 19.0 Å². The monoisotopic (exact) mass is 617 g/mol. The summed E-state index contributed by atoms with van der Waals surface area (Å²) in [7, 11) is 0. The average molecular weight is 617 g/mol. The first-order valence-electron chi connectivity index (χ1n) is 12.6. The Kier molecular flexibility index (Phi) is 9.56. The Balaban J connectivity index is 1.30. The maximum atomic E-state index is 12.6. The van der Waals surface area contributed by atoms with Crippen LogP contribution in [0.15, 0.2) is 57.9 Å². The van der Waals surface area contributed by atoms with E-state index in [0.717, 1.165) is 51.5 Å². The van der Waals surface area contributed by atoms with Gasteiger partial charge in [0.05, 0.1) is 12.7 Å². The largest absolute Gasteiger partial charge is 0.491 e. The third kappa shape index (κ3) is 7.54. The van der Waals surface area contributed by atoms with E-state index in [-0.39, 0.29) is 25.4 Å². The number of nitrogens with zero attached hydrogens (tertiary/aromatic N) is 3. The van der Waals surface area contributed by atoms with Crippen molar-refractivity contribution in [3.05, 3.63) is 79.5 Å². The third-order valence-electron chi connectivity index (χ3n) is 6.17. The Morgan fingerprint density at radius 1 is 1.08 bits per heavy atom. The minimum absolute atomic E-state index is 0.0541. The van der Waals surface area contributed by atoms with Crippen LogP contribution < -0.4 is 15.1 Å². The van der Waals surface area contributed by atoms with Gasteiger partial charge in [0, 0.05) is 20.6 Å². The van der Waals surface area contributed by atoms with Crippen molar-refractivity contribution in [2.45, 2.75) is 65.2 Å². The van der Waals surface area contributed by atoms with E-state index in [1.54, 1.807) is 16.9 Å². The predicted molar refractivity (Wildman–Crippen MR) is 150 cm³/mol. The molecule has 0 fully saturated rings. The van der Waals surface area contributed by atoms with Gasteiger partial charge in [-0.25, -0.2) is 9.48 Å². The molecule has 0 spiro atoms. The van der Waals surface area contributed by atoms with Gasteiger partial charge in [0.15, 0.2) is 0 Å². The molecular weight excluding hydrogens is 585 g/mol. The minimum atomic E-state index is -0.804. The Hall–Kier alpha value is -2.92. The Morgan fingerprint density at radius 2 is 1.86 bits per heavy atom. The van der Waals surface area contributed by atoms with Gasteiger partial charge in [-0.15, -0.1) is 5.10 Å². The maximum Gasteiger partial charge on any atom is 0.339 e. The van der Waals surface area contributed by atoms with E-state index in [0.29, 0.717) is 17.0 Å². The number of aliphatic hydroxyl groups excluding tert-OH is 1. The van der Waals surface area contributed by atoms with Crippen molar-refractivity contribution in [2.24, 2.45) is 0 Å². The summed E-state index contributed by atoms with van der Waals surface area (Å²) >= 11 is 2.24. The number of rotatable bonds is 13. The highest BCUT2D eigenvalue weighted by atomic mass is 127. The second kappa shape index (κ2) is 13.0. The lowest BCUT2D eigenvalue weighted by Gasteiger charge is -2.13. The fourth-order valence-corrected chi connectivity index (χ4v) is 4.48. The van der Waals surface area contributed by atoms with E-state index in [2.05, 4.69) is 39.8 Å². The van der Waals surface area contributed by atoms with E-state index < -0.39 is 6.10 Å².